The normalized spacial score (nSPS) is 6.18. The van der Waals surface area contributed by atoms with E-state index in [2.05, 4.69) is 0 Å². The molecule has 11 heavy (non-hydrogen) atoms. The third-order valence-electron chi connectivity index (χ3n) is 0.422. The van der Waals surface area contributed by atoms with Gasteiger partial charge in [-0.2, -0.15) is 0 Å². The molecule has 0 N–H and O–H groups in total. The van der Waals surface area contributed by atoms with Crippen molar-refractivity contribution < 1.29 is 31.3 Å². The number of hydrogen-bond donors (Lipinski definition) is 0. The van der Waals surface area contributed by atoms with Crippen LogP contribution in [0.15, 0.2) is 0 Å². The van der Waals surface area contributed by atoms with Crippen LogP contribution in [0.25, 0.3) is 0 Å². The van der Waals surface area contributed by atoms with Crippen LogP contribution in [0.1, 0.15) is 0 Å². The Morgan fingerprint density at radius 1 is 0.818 bits per heavy atom. The molecule has 0 aliphatic carbocycles. The van der Waals surface area contributed by atoms with Crippen LogP contribution in [-0.4, -0.2) is 50.8 Å². The van der Waals surface area contributed by atoms with Crippen LogP contribution in [0.5, 0.6) is 0 Å². The average molecular weight is 194 g/mol. The van der Waals surface area contributed by atoms with Gasteiger partial charge in [0.1, 0.15) is 0 Å². The number of hydrogen-bond acceptors (Lipinski definition) is 2. The van der Waals surface area contributed by atoms with Gasteiger partial charge in [0.25, 0.3) is 0 Å². The van der Waals surface area contributed by atoms with Crippen molar-refractivity contribution in [3.8, 4) is 0 Å². The van der Waals surface area contributed by atoms with Crippen LogP contribution in [0.4, 0.5) is 0 Å². The molecular formula is C6H14N2O2Ti. The molecule has 0 rings (SSSR count). The van der Waals surface area contributed by atoms with Gasteiger partial charge < -0.3 is 9.80 Å². The zero-order valence-corrected chi connectivity index (χ0v) is 8.93. The minimum atomic E-state index is 0. The molecule has 0 aliphatic heterocycles. The molecule has 0 saturated carbocycles. The van der Waals surface area contributed by atoms with Crippen LogP contribution in [-0.2, 0) is 31.3 Å². The Labute approximate surface area is 82.4 Å². The molecule has 0 saturated heterocycles. The predicted octanol–water partition coefficient (Wildman–Crippen LogP) is -0.594. The molecule has 0 heterocycles. The van der Waals surface area contributed by atoms with Crippen LogP contribution < -0.4 is 0 Å². The Bertz CT molecular complexity index is 84.6. The van der Waals surface area contributed by atoms with E-state index in [9.17, 15) is 9.59 Å². The number of carbonyl (C=O) groups excluding carboxylic acids is 2. The Kier molecular flexibility index (Phi) is 19.0. The van der Waals surface area contributed by atoms with Gasteiger partial charge in [0.2, 0.25) is 12.8 Å². The molecule has 5 heteroatoms. The molecule has 4 nitrogen and oxygen atoms in total. The van der Waals surface area contributed by atoms with Gasteiger partial charge in [-0.3, -0.25) is 9.59 Å². The molecule has 0 fully saturated rings. The van der Waals surface area contributed by atoms with E-state index in [-0.39, 0.29) is 21.7 Å². The van der Waals surface area contributed by atoms with Crippen molar-refractivity contribution in [1.29, 1.82) is 0 Å². The fraction of sp³-hybridized carbons (Fsp3) is 0.667. The maximum absolute atomic E-state index is 9.43. The van der Waals surface area contributed by atoms with Gasteiger partial charge in [0.05, 0.1) is 0 Å². The fourth-order valence-corrected chi connectivity index (χ4v) is 0. The number of carbonyl (C=O) groups is 2. The van der Waals surface area contributed by atoms with Gasteiger partial charge in [-0.05, 0) is 0 Å². The molecule has 0 spiro atoms. The molecular weight excluding hydrogens is 180 g/mol. The van der Waals surface area contributed by atoms with Crippen molar-refractivity contribution in [2.45, 2.75) is 0 Å². The third-order valence-corrected chi connectivity index (χ3v) is 0.422. The van der Waals surface area contributed by atoms with E-state index < -0.39 is 0 Å². The largest absolute Gasteiger partial charge is 0.351 e. The van der Waals surface area contributed by atoms with E-state index in [1.165, 1.54) is 9.80 Å². The molecule has 0 aromatic heterocycles. The topological polar surface area (TPSA) is 40.6 Å². The maximum atomic E-state index is 9.43. The monoisotopic (exact) mass is 194 g/mol. The van der Waals surface area contributed by atoms with Crippen molar-refractivity contribution in [3.05, 3.63) is 0 Å². The summed E-state index contributed by atoms with van der Waals surface area (Å²) in [6.07, 6.45) is 1.50. The zero-order chi connectivity index (χ0) is 8.57. The van der Waals surface area contributed by atoms with E-state index in [4.69, 9.17) is 0 Å². The molecule has 0 aromatic carbocycles. The summed E-state index contributed by atoms with van der Waals surface area (Å²) in [7, 11) is 6.75. The second-order valence-corrected chi connectivity index (χ2v) is 2.14. The van der Waals surface area contributed by atoms with Gasteiger partial charge in [-0.1, -0.05) is 0 Å². The molecule has 64 valence electrons. The van der Waals surface area contributed by atoms with Gasteiger partial charge in [0, 0.05) is 49.9 Å². The number of rotatable bonds is 2. The smallest absolute Gasteiger partial charge is 0.209 e. The predicted molar refractivity (Wildman–Crippen MR) is 39.5 cm³/mol. The molecule has 0 atom stereocenters. The summed E-state index contributed by atoms with van der Waals surface area (Å²) in [5.41, 5.74) is 0. The van der Waals surface area contributed by atoms with Crippen molar-refractivity contribution in [1.82, 2.24) is 9.80 Å². The van der Waals surface area contributed by atoms with Crippen LogP contribution in [0.3, 0.4) is 0 Å². The van der Waals surface area contributed by atoms with Crippen molar-refractivity contribution >= 4 is 12.8 Å². The summed E-state index contributed by atoms with van der Waals surface area (Å²) in [4.78, 5) is 21.8. The first-order valence-electron chi connectivity index (χ1n) is 2.78. The second kappa shape index (κ2) is 12.3. The Hall–Kier alpha value is -0.346. The standard InChI is InChI=1S/2C3H7NO.Ti/c2*1-4(2)3-5;/h2*3H,1-2H3;. The summed E-state index contributed by atoms with van der Waals surface area (Å²) in [5.74, 6) is 0. The van der Waals surface area contributed by atoms with E-state index in [0.717, 1.165) is 12.8 Å². The summed E-state index contributed by atoms with van der Waals surface area (Å²) in [5, 5.41) is 0. The Balaban J connectivity index is -0.000000107. The molecule has 2 amide bonds. The molecule has 0 aromatic rings. The fourth-order valence-electron chi connectivity index (χ4n) is 0. The van der Waals surface area contributed by atoms with Crippen LogP contribution in [0, 0.1) is 0 Å². The number of nitrogens with zero attached hydrogens (tertiary/aromatic N) is 2. The van der Waals surface area contributed by atoms with E-state index in [1.807, 2.05) is 0 Å². The van der Waals surface area contributed by atoms with E-state index in [1.54, 1.807) is 28.2 Å². The summed E-state index contributed by atoms with van der Waals surface area (Å²) < 4.78 is 0. The zero-order valence-electron chi connectivity index (χ0n) is 7.37. The quantitative estimate of drug-likeness (QED) is 0.435. The summed E-state index contributed by atoms with van der Waals surface area (Å²) in [6, 6.07) is 0. The van der Waals surface area contributed by atoms with Gasteiger partial charge in [-0.15, -0.1) is 0 Å². The second-order valence-electron chi connectivity index (χ2n) is 2.14. The van der Waals surface area contributed by atoms with Crippen LogP contribution in [0.2, 0.25) is 0 Å². The Morgan fingerprint density at radius 2 is 0.909 bits per heavy atom. The first kappa shape index (κ1) is 16.9. The molecule has 0 radical (unpaired) electrons. The number of amides is 2. The van der Waals surface area contributed by atoms with Crippen molar-refractivity contribution in [2.24, 2.45) is 0 Å². The van der Waals surface area contributed by atoms with E-state index in [0.29, 0.717) is 0 Å². The minimum absolute atomic E-state index is 0. The molecule has 0 aliphatic rings. The Morgan fingerprint density at radius 3 is 0.909 bits per heavy atom. The van der Waals surface area contributed by atoms with Gasteiger partial charge in [0.15, 0.2) is 0 Å². The third kappa shape index (κ3) is 42.4. The first-order valence-corrected chi connectivity index (χ1v) is 2.78. The van der Waals surface area contributed by atoms with Crippen molar-refractivity contribution in [3.63, 3.8) is 0 Å². The van der Waals surface area contributed by atoms with Gasteiger partial charge >= 0.3 is 0 Å². The average Bonchev–Trinajstić information content (AvgIpc) is 1.89. The van der Waals surface area contributed by atoms with Crippen LogP contribution >= 0.6 is 0 Å². The molecule has 0 unspecified atom stereocenters. The minimum Gasteiger partial charge on any atom is -0.351 e. The summed E-state index contributed by atoms with van der Waals surface area (Å²) in [6.45, 7) is 0. The maximum Gasteiger partial charge on any atom is 0.209 e. The first-order chi connectivity index (χ1) is 4.54. The van der Waals surface area contributed by atoms with Crippen molar-refractivity contribution in [2.75, 3.05) is 28.2 Å². The van der Waals surface area contributed by atoms with E-state index >= 15 is 0 Å². The SMILES string of the molecule is CN(C)C=O.CN(C)C=O.[Ti]. The molecule has 0 bridgehead atoms. The van der Waals surface area contributed by atoms with Gasteiger partial charge in [-0.25, -0.2) is 0 Å². The summed E-state index contributed by atoms with van der Waals surface area (Å²) >= 11 is 0.